The van der Waals surface area contributed by atoms with Gasteiger partial charge in [0.2, 0.25) is 0 Å². The van der Waals surface area contributed by atoms with Crippen molar-refractivity contribution in [3.8, 4) is 0 Å². The Balaban J connectivity index is 1.79. The van der Waals surface area contributed by atoms with Gasteiger partial charge in [0.1, 0.15) is 0 Å². The number of likely N-dealkylation sites (tertiary alicyclic amines) is 1. The van der Waals surface area contributed by atoms with E-state index in [0.717, 1.165) is 13.1 Å². The summed E-state index contributed by atoms with van der Waals surface area (Å²) in [6, 6.07) is 8.97. The van der Waals surface area contributed by atoms with Gasteiger partial charge in [-0.05, 0) is 50.0 Å². The highest BCUT2D eigenvalue weighted by molar-refractivity contribution is 5.44. The fourth-order valence-corrected chi connectivity index (χ4v) is 2.51. The van der Waals surface area contributed by atoms with E-state index in [9.17, 15) is 0 Å². The van der Waals surface area contributed by atoms with Gasteiger partial charge in [-0.15, -0.1) is 0 Å². The zero-order valence-electron chi connectivity index (χ0n) is 11.6. The Kier molecular flexibility index (Phi) is 5.53. The van der Waals surface area contributed by atoms with Crippen LogP contribution in [0, 0.1) is 0 Å². The summed E-state index contributed by atoms with van der Waals surface area (Å²) in [6.07, 6.45) is 6.65. The van der Waals surface area contributed by atoms with Gasteiger partial charge < -0.3 is 5.32 Å². The second-order valence-corrected chi connectivity index (χ2v) is 5.31. The number of unbranched alkanes of at least 4 members (excludes halogenated alkanes) is 1. The Bertz CT molecular complexity index is 325. The van der Waals surface area contributed by atoms with Gasteiger partial charge in [0.25, 0.3) is 0 Å². The molecule has 18 heavy (non-hydrogen) atoms. The van der Waals surface area contributed by atoms with Crippen LogP contribution in [0.4, 0.5) is 5.69 Å². The lowest BCUT2D eigenvalue weighted by molar-refractivity contribution is 0.221. The molecule has 1 heterocycles. The maximum Gasteiger partial charge on any atom is 0.0340 e. The molecule has 0 saturated carbocycles. The lowest BCUT2D eigenvalue weighted by Gasteiger charge is -2.26. The van der Waals surface area contributed by atoms with Gasteiger partial charge in [-0.1, -0.05) is 31.9 Å². The maximum atomic E-state index is 3.46. The number of hydrogen-bond acceptors (Lipinski definition) is 2. The van der Waals surface area contributed by atoms with Gasteiger partial charge in [0.15, 0.2) is 0 Å². The van der Waals surface area contributed by atoms with Gasteiger partial charge in [-0.3, -0.25) is 4.90 Å². The molecule has 0 amide bonds. The highest BCUT2D eigenvalue weighted by Gasteiger charge is 2.09. The molecule has 1 fully saturated rings. The summed E-state index contributed by atoms with van der Waals surface area (Å²) < 4.78 is 0. The molecule has 0 radical (unpaired) electrons. The molecule has 0 bridgehead atoms. The molecule has 2 nitrogen and oxygen atoms in total. The molecule has 0 spiro atoms. The third-order valence-electron chi connectivity index (χ3n) is 3.67. The molecule has 0 unspecified atom stereocenters. The van der Waals surface area contributed by atoms with Crippen LogP contribution in [0.15, 0.2) is 24.3 Å². The van der Waals surface area contributed by atoms with Crippen LogP contribution in [0.25, 0.3) is 0 Å². The molecule has 1 N–H and O–H groups in total. The van der Waals surface area contributed by atoms with E-state index in [-0.39, 0.29) is 0 Å². The van der Waals surface area contributed by atoms with Crippen LogP contribution in [-0.4, -0.2) is 24.5 Å². The molecule has 1 saturated heterocycles. The average Bonchev–Trinajstić information content (AvgIpc) is 2.42. The molecule has 1 aromatic carbocycles. The van der Waals surface area contributed by atoms with E-state index in [1.165, 1.54) is 56.4 Å². The van der Waals surface area contributed by atoms with E-state index >= 15 is 0 Å². The number of anilines is 1. The lowest BCUT2D eigenvalue weighted by atomic mass is 10.1. The SMILES string of the molecule is CCCCNc1ccc(CN2CCCCC2)cc1. The summed E-state index contributed by atoms with van der Waals surface area (Å²) in [6.45, 7) is 6.98. The molecule has 100 valence electrons. The van der Waals surface area contributed by atoms with Gasteiger partial charge in [0, 0.05) is 18.8 Å². The largest absolute Gasteiger partial charge is 0.385 e. The predicted molar refractivity (Wildman–Crippen MR) is 79.0 cm³/mol. The van der Waals surface area contributed by atoms with Gasteiger partial charge in [0.05, 0.1) is 0 Å². The second kappa shape index (κ2) is 7.42. The van der Waals surface area contributed by atoms with Crippen LogP contribution in [0.1, 0.15) is 44.6 Å². The maximum absolute atomic E-state index is 3.46. The number of piperidine rings is 1. The van der Waals surface area contributed by atoms with Crippen molar-refractivity contribution in [2.45, 2.75) is 45.6 Å². The van der Waals surface area contributed by atoms with Crippen molar-refractivity contribution < 1.29 is 0 Å². The van der Waals surface area contributed by atoms with Gasteiger partial charge >= 0.3 is 0 Å². The Morgan fingerprint density at radius 2 is 1.78 bits per heavy atom. The van der Waals surface area contributed by atoms with Crippen molar-refractivity contribution in [3.63, 3.8) is 0 Å². The molecule has 1 aliphatic heterocycles. The fourth-order valence-electron chi connectivity index (χ4n) is 2.51. The minimum Gasteiger partial charge on any atom is -0.385 e. The Labute approximate surface area is 111 Å². The Morgan fingerprint density at radius 3 is 2.44 bits per heavy atom. The Hall–Kier alpha value is -1.02. The summed E-state index contributed by atoms with van der Waals surface area (Å²) in [7, 11) is 0. The summed E-state index contributed by atoms with van der Waals surface area (Å²) in [5.74, 6) is 0. The predicted octanol–water partition coefficient (Wildman–Crippen LogP) is 3.88. The summed E-state index contributed by atoms with van der Waals surface area (Å²) in [4.78, 5) is 2.57. The number of nitrogens with one attached hydrogen (secondary N) is 1. The van der Waals surface area contributed by atoms with Crippen LogP contribution in [0.3, 0.4) is 0 Å². The van der Waals surface area contributed by atoms with Crippen molar-refractivity contribution in [2.24, 2.45) is 0 Å². The number of nitrogens with zero attached hydrogens (tertiary/aromatic N) is 1. The molecule has 2 rings (SSSR count). The van der Waals surface area contributed by atoms with Crippen molar-refractivity contribution in [1.82, 2.24) is 4.90 Å². The fraction of sp³-hybridized carbons (Fsp3) is 0.625. The molecule has 0 aromatic heterocycles. The molecular formula is C16H26N2. The third-order valence-corrected chi connectivity index (χ3v) is 3.67. The molecule has 2 heteroatoms. The van der Waals surface area contributed by atoms with E-state index in [0.29, 0.717) is 0 Å². The van der Waals surface area contributed by atoms with Crippen molar-refractivity contribution >= 4 is 5.69 Å². The highest BCUT2D eigenvalue weighted by atomic mass is 15.1. The Morgan fingerprint density at radius 1 is 1.06 bits per heavy atom. The van der Waals surface area contributed by atoms with Gasteiger partial charge in [-0.2, -0.15) is 0 Å². The highest BCUT2D eigenvalue weighted by Crippen LogP contribution is 2.15. The van der Waals surface area contributed by atoms with Crippen molar-refractivity contribution in [1.29, 1.82) is 0 Å². The van der Waals surface area contributed by atoms with Crippen LogP contribution in [0.5, 0.6) is 0 Å². The smallest absolute Gasteiger partial charge is 0.0340 e. The van der Waals surface area contributed by atoms with E-state index in [2.05, 4.69) is 41.4 Å². The minimum absolute atomic E-state index is 1.09. The summed E-state index contributed by atoms with van der Waals surface area (Å²) >= 11 is 0. The van der Waals surface area contributed by atoms with E-state index in [1.807, 2.05) is 0 Å². The topological polar surface area (TPSA) is 15.3 Å². The standard InChI is InChI=1S/C16H26N2/c1-2-3-11-17-16-9-7-15(8-10-16)14-18-12-5-4-6-13-18/h7-10,17H,2-6,11-14H2,1H3. The first kappa shape index (κ1) is 13.4. The van der Waals surface area contributed by atoms with Gasteiger partial charge in [-0.25, -0.2) is 0 Å². The van der Waals surface area contributed by atoms with E-state index in [4.69, 9.17) is 0 Å². The normalized spacial score (nSPS) is 16.7. The first-order chi connectivity index (χ1) is 8.88. The monoisotopic (exact) mass is 246 g/mol. The van der Waals surface area contributed by atoms with Crippen LogP contribution < -0.4 is 5.32 Å². The summed E-state index contributed by atoms with van der Waals surface area (Å²) in [5.41, 5.74) is 2.70. The first-order valence-electron chi connectivity index (χ1n) is 7.43. The molecule has 0 atom stereocenters. The quantitative estimate of drug-likeness (QED) is 0.766. The number of hydrogen-bond donors (Lipinski definition) is 1. The van der Waals surface area contributed by atoms with Crippen molar-refractivity contribution in [3.05, 3.63) is 29.8 Å². The first-order valence-corrected chi connectivity index (χ1v) is 7.43. The van der Waals surface area contributed by atoms with E-state index < -0.39 is 0 Å². The average molecular weight is 246 g/mol. The number of benzene rings is 1. The second-order valence-electron chi connectivity index (χ2n) is 5.31. The van der Waals surface area contributed by atoms with Crippen LogP contribution in [-0.2, 0) is 6.54 Å². The summed E-state index contributed by atoms with van der Waals surface area (Å²) in [5, 5.41) is 3.46. The molecule has 1 aromatic rings. The molecular weight excluding hydrogens is 220 g/mol. The van der Waals surface area contributed by atoms with Crippen LogP contribution >= 0.6 is 0 Å². The van der Waals surface area contributed by atoms with E-state index in [1.54, 1.807) is 0 Å². The van der Waals surface area contributed by atoms with Crippen molar-refractivity contribution in [2.75, 3.05) is 25.0 Å². The zero-order chi connectivity index (χ0) is 12.6. The number of rotatable bonds is 6. The van der Waals surface area contributed by atoms with Crippen LogP contribution in [0.2, 0.25) is 0 Å². The third kappa shape index (κ3) is 4.34. The lowest BCUT2D eigenvalue weighted by Crippen LogP contribution is -2.29. The minimum atomic E-state index is 1.09. The zero-order valence-corrected chi connectivity index (χ0v) is 11.6. The molecule has 0 aliphatic carbocycles. The molecule has 1 aliphatic rings.